The highest BCUT2D eigenvalue weighted by Crippen LogP contribution is 2.16. The number of benzene rings is 1. The molecule has 17 heavy (non-hydrogen) atoms. The average molecular weight is 233 g/mol. The summed E-state index contributed by atoms with van der Waals surface area (Å²) in [6.45, 7) is 1.79. The molecule has 0 heterocycles. The van der Waals surface area contributed by atoms with Gasteiger partial charge in [0.25, 0.3) is 0 Å². The van der Waals surface area contributed by atoms with Gasteiger partial charge in [0.1, 0.15) is 5.75 Å². The summed E-state index contributed by atoms with van der Waals surface area (Å²) in [5, 5.41) is 0. The second kappa shape index (κ2) is 6.44. The maximum absolute atomic E-state index is 11.5. The number of nitrogens with two attached hydrogens (primary N) is 1. The number of hydrogen-bond donors (Lipinski definition) is 1. The van der Waals surface area contributed by atoms with E-state index in [9.17, 15) is 4.79 Å². The van der Waals surface area contributed by atoms with Crippen LogP contribution in [0.3, 0.4) is 0 Å². The topological polar surface area (TPSA) is 61.5 Å². The van der Waals surface area contributed by atoms with E-state index in [4.69, 9.17) is 21.6 Å². The Morgan fingerprint density at radius 1 is 1.47 bits per heavy atom. The largest absolute Gasteiger partial charge is 0.479 e. The van der Waals surface area contributed by atoms with Gasteiger partial charge in [-0.2, -0.15) is 0 Å². The molecule has 0 spiro atoms. The van der Waals surface area contributed by atoms with Crippen LogP contribution in [-0.2, 0) is 9.53 Å². The molecule has 0 aliphatic carbocycles. The molecule has 1 unspecified atom stereocenters. The van der Waals surface area contributed by atoms with Crippen LogP contribution >= 0.6 is 0 Å². The highest BCUT2D eigenvalue weighted by molar-refractivity contribution is 5.75. The summed E-state index contributed by atoms with van der Waals surface area (Å²) in [5.74, 6) is 2.35. The first-order valence-corrected chi connectivity index (χ1v) is 5.29. The van der Waals surface area contributed by atoms with Crippen molar-refractivity contribution in [3.8, 4) is 18.1 Å². The molecule has 1 aromatic rings. The molecular weight excluding hydrogens is 218 g/mol. The fourth-order valence-corrected chi connectivity index (χ4v) is 1.21. The number of anilines is 1. The van der Waals surface area contributed by atoms with Gasteiger partial charge in [0.05, 0.1) is 0 Å². The highest BCUT2D eigenvalue weighted by Gasteiger charge is 2.19. The fourth-order valence-electron chi connectivity index (χ4n) is 1.21. The van der Waals surface area contributed by atoms with E-state index in [2.05, 4.69) is 5.92 Å². The van der Waals surface area contributed by atoms with E-state index in [1.807, 2.05) is 6.92 Å². The van der Waals surface area contributed by atoms with Gasteiger partial charge in [-0.05, 0) is 30.7 Å². The minimum atomic E-state index is -0.646. The molecule has 0 amide bonds. The van der Waals surface area contributed by atoms with Crippen LogP contribution < -0.4 is 10.5 Å². The summed E-state index contributed by atoms with van der Waals surface area (Å²) in [6, 6.07) is 6.81. The lowest BCUT2D eigenvalue weighted by atomic mass is 10.2. The molecular formula is C13H15NO3. The molecule has 0 radical (unpaired) electrons. The number of nitrogen functional groups attached to an aromatic ring is 1. The molecule has 0 fully saturated rings. The number of ether oxygens (including phenoxy) is 2. The summed E-state index contributed by atoms with van der Waals surface area (Å²) < 4.78 is 10.3. The fraction of sp³-hybridized carbons (Fsp3) is 0.308. The van der Waals surface area contributed by atoms with Crippen molar-refractivity contribution in [3.05, 3.63) is 24.3 Å². The number of hydrogen-bond acceptors (Lipinski definition) is 4. The first kappa shape index (κ1) is 12.9. The van der Waals surface area contributed by atoms with Crippen molar-refractivity contribution < 1.29 is 14.3 Å². The second-order valence-corrected chi connectivity index (χ2v) is 3.40. The van der Waals surface area contributed by atoms with Crippen LogP contribution in [0.4, 0.5) is 5.69 Å². The van der Waals surface area contributed by atoms with Gasteiger partial charge in [0, 0.05) is 5.69 Å². The van der Waals surface area contributed by atoms with E-state index in [1.165, 1.54) is 0 Å². The summed E-state index contributed by atoms with van der Waals surface area (Å²) in [4.78, 5) is 11.5. The van der Waals surface area contributed by atoms with Crippen molar-refractivity contribution in [1.82, 2.24) is 0 Å². The van der Waals surface area contributed by atoms with Crippen molar-refractivity contribution in [3.63, 3.8) is 0 Å². The zero-order valence-electron chi connectivity index (χ0n) is 9.68. The van der Waals surface area contributed by atoms with Crippen molar-refractivity contribution in [1.29, 1.82) is 0 Å². The first-order valence-electron chi connectivity index (χ1n) is 5.29. The molecule has 0 saturated heterocycles. The number of carbonyl (C=O) groups is 1. The third-order valence-corrected chi connectivity index (χ3v) is 2.09. The molecule has 0 aliphatic rings. The Balaban J connectivity index is 2.60. The zero-order chi connectivity index (χ0) is 12.7. The van der Waals surface area contributed by atoms with Gasteiger partial charge in [-0.1, -0.05) is 12.8 Å². The normalized spacial score (nSPS) is 11.3. The smallest absolute Gasteiger partial charge is 0.348 e. The summed E-state index contributed by atoms with van der Waals surface area (Å²) >= 11 is 0. The van der Waals surface area contributed by atoms with Crippen molar-refractivity contribution in [2.24, 2.45) is 0 Å². The van der Waals surface area contributed by atoms with Crippen molar-refractivity contribution >= 4 is 11.7 Å². The summed E-state index contributed by atoms with van der Waals surface area (Å²) in [6.07, 6.45) is 4.87. The number of carbonyl (C=O) groups excluding carboxylic acids is 1. The predicted octanol–water partition coefficient (Wildman–Crippen LogP) is 1.60. The van der Waals surface area contributed by atoms with Gasteiger partial charge in [-0.25, -0.2) is 4.79 Å². The van der Waals surface area contributed by atoms with Crippen LogP contribution in [0, 0.1) is 12.3 Å². The Hall–Kier alpha value is -2.15. The summed E-state index contributed by atoms with van der Waals surface area (Å²) in [5.41, 5.74) is 6.19. The van der Waals surface area contributed by atoms with Gasteiger partial charge < -0.3 is 15.2 Å². The molecule has 1 aromatic carbocycles. The van der Waals surface area contributed by atoms with Crippen molar-refractivity contribution in [2.75, 3.05) is 12.3 Å². The van der Waals surface area contributed by atoms with E-state index in [-0.39, 0.29) is 6.61 Å². The standard InChI is InChI=1S/C13H15NO3/c1-3-9-16-13(15)12(4-2)17-11-7-5-10(14)6-8-11/h1,5-8,12H,4,9,14H2,2H3. The molecule has 4 nitrogen and oxygen atoms in total. The molecule has 0 aliphatic heterocycles. The molecule has 0 bridgehead atoms. The van der Waals surface area contributed by atoms with Gasteiger partial charge in [0.2, 0.25) is 0 Å². The summed E-state index contributed by atoms with van der Waals surface area (Å²) in [7, 11) is 0. The molecule has 0 saturated carbocycles. The van der Waals surface area contributed by atoms with E-state index in [0.717, 1.165) is 0 Å². The Labute approximate surface area is 101 Å². The third-order valence-electron chi connectivity index (χ3n) is 2.09. The van der Waals surface area contributed by atoms with E-state index >= 15 is 0 Å². The van der Waals surface area contributed by atoms with Gasteiger partial charge in [-0.15, -0.1) is 6.42 Å². The first-order chi connectivity index (χ1) is 8.17. The van der Waals surface area contributed by atoms with Crippen LogP contribution in [0.15, 0.2) is 24.3 Å². The molecule has 4 heteroatoms. The molecule has 90 valence electrons. The van der Waals surface area contributed by atoms with Crippen LogP contribution in [0.2, 0.25) is 0 Å². The minimum Gasteiger partial charge on any atom is -0.479 e. The van der Waals surface area contributed by atoms with Gasteiger partial charge >= 0.3 is 5.97 Å². The molecule has 0 aromatic heterocycles. The highest BCUT2D eigenvalue weighted by atomic mass is 16.6. The minimum absolute atomic E-state index is 0.0412. The Bertz CT molecular complexity index is 406. The lowest BCUT2D eigenvalue weighted by Gasteiger charge is -2.15. The van der Waals surface area contributed by atoms with Gasteiger partial charge in [-0.3, -0.25) is 0 Å². The lowest BCUT2D eigenvalue weighted by Crippen LogP contribution is -2.28. The number of esters is 1. The van der Waals surface area contributed by atoms with Crippen LogP contribution in [0.1, 0.15) is 13.3 Å². The zero-order valence-corrected chi connectivity index (χ0v) is 9.68. The van der Waals surface area contributed by atoms with E-state index in [0.29, 0.717) is 17.9 Å². The Morgan fingerprint density at radius 2 is 2.12 bits per heavy atom. The van der Waals surface area contributed by atoms with Crippen LogP contribution in [0.25, 0.3) is 0 Å². The molecule has 2 N–H and O–H groups in total. The number of terminal acetylenes is 1. The number of rotatable bonds is 5. The SMILES string of the molecule is C#CCOC(=O)C(CC)Oc1ccc(N)cc1. The van der Waals surface area contributed by atoms with Crippen LogP contribution in [-0.4, -0.2) is 18.7 Å². The second-order valence-electron chi connectivity index (χ2n) is 3.40. The van der Waals surface area contributed by atoms with E-state index < -0.39 is 12.1 Å². The van der Waals surface area contributed by atoms with Crippen molar-refractivity contribution in [2.45, 2.75) is 19.4 Å². The Kier molecular flexibility index (Phi) is 4.89. The third kappa shape index (κ3) is 4.07. The Morgan fingerprint density at radius 3 is 2.65 bits per heavy atom. The van der Waals surface area contributed by atoms with Gasteiger partial charge in [0.15, 0.2) is 12.7 Å². The maximum Gasteiger partial charge on any atom is 0.348 e. The molecule has 1 rings (SSSR count). The van der Waals surface area contributed by atoms with Crippen LogP contribution in [0.5, 0.6) is 5.75 Å². The monoisotopic (exact) mass is 233 g/mol. The van der Waals surface area contributed by atoms with E-state index in [1.54, 1.807) is 24.3 Å². The predicted molar refractivity (Wildman–Crippen MR) is 65.4 cm³/mol. The quantitative estimate of drug-likeness (QED) is 0.476. The lowest BCUT2D eigenvalue weighted by molar-refractivity contribution is -0.150. The maximum atomic E-state index is 11.5. The average Bonchev–Trinajstić information content (AvgIpc) is 2.35. The molecule has 1 atom stereocenters.